The van der Waals surface area contributed by atoms with E-state index < -0.39 is 10.0 Å². The molecule has 8 heteroatoms. The number of benzene rings is 2. The molecule has 2 amide bonds. The fourth-order valence-corrected chi connectivity index (χ4v) is 4.84. The molecule has 0 radical (unpaired) electrons. The molecule has 1 aliphatic heterocycles. The first-order valence-corrected chi connectivity index (χ1v) is 12.0. The minimum Gasteiger partial charge on any atom is -0.338 e. The lowest BCUT2D eigenvalue weighted by atomic mass is 9.90. The van der Waals surface area contributed by atoms with Crippen LogP contribution in [0.25, 0.3) is 11.1 Å². The molecule has 1 heterocycles. The van der Waals surface area contributed by atoms with E-state index in [-0.39, 0.29) is 23.9 Å². The number of carbonyl (C=O) groups is 1. The molecule has 1 saturated heterocycles. The fraction of sp³-hybridized carbons (Fsp3) is 0.409. The topological polar surface area (TPSA) is 78.5 Å². The summed E-state index contributed by atoms with van der Waals surface area (Å²) >= 11 is 0. The molecule has 30 heavy (non-hydrogen) atoms. The van der Waals surface area contributed by atoms with Crippen molar-refractivity contribution < 1.29 is 17.6 Å². The van der Waals surface area contributed by atoms with Gasteiger partial charge in [-0.1, -0.05) is 36.4 Å². The summed E-state index contributed by atoms with van der Waals surface area (Å²) in [7, 11) is -3.42. The lowest BCUT2D eigenvalue weighted by molar-refractivity contribution is 0.134. The second kappa shape index (κ2) is 9.57. The van der Waals surface area contributed by atoms with Crippen LogP contribution in [0.3, 0.4) is 0 Å². The Morgan fingerprint density at radius 3 is 2.53 bits per heavy atom. The molecule has 162 valence electrons. The maximum atomic E-state index is 13.6. The smallest absolute Gasteiger partial charge is 0.317 e. The van der Waals surface area contributed by atoms with Crippen molar-refractivity contribution in [3.63, 3.8) is 0 Å². The third-order valence-corrected chi connectivity index (χ3v) is 5.99. The Bertz CT molecular complexity index is 997. The number of sulfonamides is 1. The lowest BCUT2D eigenvalue weighted by Gasteiger charge is -2.41. The number of likely N-dealkylation sites (tertiary alicyclic amines) is 1. The number of urea groups is 1. The van der Waals surface area contributed by atoms with Gasteiger partial charge < -0.3 is 10.2 Å². The van der Waals surface area contributed by atoms with Crippen LogP contribution >= 0.6 is 0 Å². The van der Waals surface area contributed by atoms with E-state index in [1.165, 1.54) is 12.1 Å². The predicted octanol–water partition coefficient (Wildman–Crippen LogP) is 3.15. The summed E-state index contributed by atoms with van der Waals surface area (Å²) in [5.74, 6) is -0.301. The summed E-state index contributed by atoms with van der Waals surface area (Å²) in [5.41, 5.74) is 2.60. The lowest BCUT2D eigenvalue weighted by Crippen LogP contribution is -2.59. The molecule has 6 nitrogen and oxygen atoms in total. The van der Waals surface area contributed by atoms with Gasteiger partial charge >= 0.3 is 6.03 Å². The number of nitrogens with zero attached hydrogens (tertiary/aromatic N) is 1. The molecule has 2 N–H and O–H groups in total. The Hall–Kier alpha value is -2.45. The third kappa shape index (κ3) is 5.79. The Morgan fingerprint density at radius 1 is 1.17 bits per heavy atom. The van der Waals surface area contributed by atoms with Crippen LogP contribution in [0.5, 0.6) is 0 Å². The molecule has 1 aliphatic rings. The van der Waals surface area contributed by atoms with Gasteiger partial charge in [0.15, 0.2) is 0 Å². The van der Waals surface area contributed by atoms with Crippen LogP contribution in [0.15, 0.2) is 48.5 Å². The Labute approximate surface area is 177 Å². The highest BCUT2D eigenvalue weighted by molar-refractivity contribution is 7.88. The quantitative estimate of drug-likeness (QED) is 0.735. The van der Waals surface area contributed by atoms with Crippen molar-refractivity contribution in [1.82, 2.24) is 14.9 Å². The first-order chi connectivity index (χ1) is 14.3. The molecule has 0 saturated carbocycles. The van der Waals surface area contributed by atoms with Crippen molar-refractivity contribution in [3.8, 4) is 11.1 Å². The number of halogens is 1. The monoisotopic (exact) mass is 433 g/mol. The zero-order valence-corrected chi connectivity index (χ0v) is 18.1. The minimum atomic E-state index is -3.42. The Kier molecular flexibility index (Phi) is 7.10. The van der Waals surface area contributed by atoms with Crippen molar-refractivity contribution in [1.29, 1.82) is 0 Å². The molecule has 2 unspecified atom stereocenters. The van der Waals surface area contributed by atoms with E-state index in [1.807, 2.05) is 37.3 Å². The molecule has 2 aromatic carbocycles. The highest BCUT2D eigenvalue weighted by Crippen LogP contribution is 2.26. The minimum absolute atomic E-state index is 0.191. The second-order valence-corrected chi connectivity index (χ2v) is 9.43. The number of carbonyl (C=O) groups excluding carboxylic acids is 1. The van der Waals surface area contributed by atoms with Crippen LogP contribution in [-0.4, -0.2) is 50.8 Å². The molecule has 0 aromatic heterocycles. The van der Waals surface area contributed by atoms with Crippen molar-refractivity contribution in [3.05, 3.63) is 59.9 Å². The van der Waals surface area contributed by atoms with Crippen LogP contribution in [0.4, 0.5) is 9.18 Å². The fourth-order valence-electron chi connectivity index (χ4n) is 4.01. The normalized spacial score (nSPS) is 19.5. The number of hydrogen-bond acceptors (Lipinski definition) is 3. The van der Waals surface area contributed by atoms with Crippen LogP contribution in [0.1, 0.15) is 25.3 Å². The number of hydrogen-bond donors (Lipinski definition) is 2. The highest BCUT2D eigenvalue weighted by atomic mass is 32.2. The Morgan fingerprint density at radius 2 is 1.87 bits per heavy atom. The maximum absolute atomic E-state index is 13.6. The van der Waals surface area contributed by atoms with Crippen molar-refractivity contribution in [2.75, 3.05) is 19.3 Å². The van der Waals surface area contributed by atoms with E-state index in [0.717, 1.165) is 29.4 Å². The largest absolute Gasteiger partial charge is 0.338 e. The summed E-state index contributed by atoms with van der Waals surface area (Å²) in [5, 5.41) is 2.83. The number of rotatable bonds is 6. The molecule has 3 rings (SSSR count). The number of piperidine rings is 1. The van der Waals surface area contributed by atoms with Gasteiger partial charge in [0.2, 0.25) is 10.0 Å². The van der Waals surface area contributed by atoms with Crippen molar-refractivity contribution in [2.24, 2.45) is 0 Å². The maximum Gasteiger partial charge on any atom is 0.317 e. The van der Waals surface area contributed by atoms with Crippen LogP contribution in [-0.2, 0) is 16.4 Å². The first-order valence-electron chi connectivity index (χ1n) is 10.1. The van der Waals surface area contributed by atoms with Crippen LogP contribution < -0.4 is 10.0 Å². The van der Waals surface area contributed by atoms with Gasteiger partial charge in [0.25, 0.3) is 0 Å². The van der Waals surface area contributed by atoms with Gasteiger partial charge in [-0.25, -0.2) is 22.3 Å². The summed E-state index contributed by atoms with van der Waals surface area (Å²) in [4.78, 5) is 14.4. The molecular weight excluding hydrogens is 405 g/mol. The molecule has 2 atom stereocenters. The van der Waals surface area contributed by atoms with E-state index >= 15 is 0 Å². The molecule has 1 fully saturated rings. The van der Waals surface area contributed by atoms with Gasteiger partial charge in [-0.05, 0) is 55.0 Å². The van der Waals surface area contributed by atoms with Crippen LogP contribution in [0, 0.1) is 5.82 Å². The zero-order chi connectivity index (χ0) is 21.7. The van der Waals surface area contributed by atoms with Gasteiger partial charge in [-0.15, -0.1) is 0 Å². The van der Waals surface area contributed by atoms with Gasteiger partial charge in [0.1, 0.15) is 5.82 Å². The van der Waals surface area contributed by atoms with Gasteiger partial charge in [-0.2, -0.15) is 0 Å². The van der Waals surface area contributed by atoms with E-state index in [0.29, 0.717) is 25.9 Å². The average molecular weight is 434 g/mol. The van der Waals surface area contributed by atoms with Crippen LogP contribution in [0.2, 0.25) is 0 Å². The summed E-state index contributed by atoms with van der Waals surface area (Å²) in [6.07, 6.45) is 3.02. The summed E-state index contributed by atoms with van der Waals surface area (Å²) in [6, 6.07) is 13.2. The first kappa shape index (κ1) is 22.2. The molecule has 0 bridgehead atoms. The van der Waals surface area contributed by atoms with E-state index in [2.05, 4.69) is 10.0 Å². The summed E-state index contributed by atoms with van der Waals surface area (Å²) in [6.45, 7) is 2.93. The number of nitrogens with one attached hydrogen (secondary N) is 2. The van der Waals surface area contributed by atoms with Crippen molar-refractivity contribution >= 4 is 16.1 Å². The van der Waals surface area contributed by atoms with Gasteiger partial charge in [0, 0.05) is 19.1 Å². The molecule has 0 aliphatic carbocycles. The van der Waals surface area contributed by atoms with Gasteiger partial charge in [-0.3, -0.25) is 0 Å². The molecule has 0 spiro atoms. The van der Waals surface area contributed by atoms with E-state index in [1.54, 1.807) is 11.0 Å². The highest BCUT2D eigenvalue weighted by Gasteiger charge is 2.35. The van der Waals surface area contributed by atoms with Crippen molar-refractivity contribution in [2.45, 2.75) is 38.3 Å². The standard InChI is InChI=1S/C22H28FN3O3S/c1-3-24-22(27)26-12-6-11-20(25-30(2,28)29)21(26)14-16-7-4-8-17(13-16)18-9-5-10-19(23)15-18/h4-5,7-10,13,15,20-21,25H,3,6,11-12,14H2,1-2H3,(H,24,27). The predicted molar refractivity (Wildman–Crippen MR) is 116 cm³/mol. The molecule has 2 aromatic rings. The second-order valence-electron chi connectivity index (χ2n) is 7.65. The SMILES string of the molecule is CCNC(=O)N1CCCC(NS(C)(=O)=O)C1Cc1cccc(-c2cccc(F)c2)c1. The Balaban J connectivity index is 1.90. The summed E-state index contributed by atoms with van der Waals surface area (Å²) < 4.78 is 40.2. The zero-order valence-electron chi connectivity index (χ0n) is 17.3. The van der Waals surface area contributed by atoms with Gasteiger partial charge in [0.05, 0.1) is 12.3 Å². The third-order valence-electron chi connectivity index (χ3n) is 5.26. The average Bonchev–Trinajstić information content (AvgIpc) is 2.68. The molecular formula is C22H28FN3O3S. The van der Waals surface area contributed by atoms with E-state index in [9.17, 15) is 17.6 Å². The van der Waals surface area contributed by atoms with E-state index in [4.69, 9.17) is 0 Å². The number of amides is 2.